The van der Waals surface area contributed by atoms with Crippen LogP contribution in [0.5, 0.6) is 0 Å². The van der Waals surface area contributed by atoms with Gasteiger partial charge in [-0.2, -0.15) is 0 Å². The zero-order valence-corrected chi connectivity index (χ0v) is 11.0. The molecule has 2 heterocycles. The molecule has 0 radical (unpaired) electrons. The number of carboxylic acid groups (broad SMARTS) is 1. The molecule has 2 aliphatic rings. The second-order valence-corrected chi connectivity index (χ2v) is 5.49. The fourth-order valence-corrected chi connectivity index (χ4v) is 2.89. The van der Waals surface area contributed by atoms with E-state index in [1.54, 1.807) is 4.90 Å². The van der Waals surface area contributed by atoms with Gasteiger partial charge >= 0.3 is 5.97 Å². The Morgan fingerprint density at radius 1 is 1.35 bits per heavy atom. The van der Waals surface area contributed by atoms with Gasteiger partial charge in [-0.3, -0.25) is 4.79 Å². The molecule has 1 saturated heterocycles. The van der Waals surface area contributed by atoms with Crippen molar-refractivity contribution >= 4 is 11.9 Å². The van der Waals surface area contributed by atoms with Crippen LogP contribution in [0, 0.1) is 5.92 Å². The van der Waals surface area contributed by atoms with Gasteiger partial charge in [0.25, 0.3) is 0 Å². The number of nitrogens with zero attached hydrogens (tertiary/aromatic N) is 4. The Hall–Kier alpha value is -1.96. The van der Waals surface area contributed by atoms with Crippen LogP contribution in [0.3, 0.4) is 0 Å². The Bertz CT molecular complexity index is 537. The molecule has 0 aromatic carbocycles. The van der Waals surface area contributed by atoms with E-state index in [0.717, 1.165) is 19.3 Å². The maximum atomic E-state index is 12.2. The Labute approximate surface area is 115 Å². The molecule has 3 rings (SSSR count). The summed E-state index contributed by atoms with van der Waals surface area (Å²) in [6.07, 6.45) is 4.20. The Kier molecular flexibility index (Phi) is 3.17. The van der Waals surface area contributed by atoms with Crippen molar-refractivity contribution in [2.75, 3.05) is 13.1 Å². The summed E-state index contributed by atoms with van der Waals surface area (Å²) < 4.78 is 1.52. The van der Waals surface area contributed by atoms with Crippen LogP contribution < -0.4 is 5.73 Å². The average Bonchev–Trinajstić information content (AvgIpc) is 2.95. The van der Waals surface area contributed by atoms with Gasteiger partial charge in [0.15, 0.2) is 5.69 Å². The lowest BCUT2D eigenvalue weighted by atomic mass is 9.99. The first-order valence-corrected chi connectivity index (χ1v) is 6.75. The lowest BCUT2D eigenvalue weighted by molar-refractivity contribution is -0.141. The third-order valence-corrected chi connectivity index (χ3v) is 4.16. The van der Waals surface area contributed by atoms with Crippen LogP contribution >= 0.6 is 0 Å². The van der Waals surface area contributed by atoms with E-state index >= 15 is 0 Å². The fraction of sp³-hybridized carbons (Fsp3) is 0.667. The number of carbonyl (C=O) groups is 2. The average molecular weight is 279 g/mol. The molecule has 0 spiro atoms. The number of hydrogen-bond acceptors (Lipinski definition) is 5. The van der Waals surface area contributed by atoms with Crippen molar-refractivity contribution in [1.82, 2.24) is 19.9 Å². The molecule has 1 amide bonds. The molecular weight excluding hydrogens is 262 g/mol. The number of likely N-dealkylation sites (tertiary alicyclic amines) is 1. The monoisotopic (exact) mass is 279 g/mol. The molecule has 1 saturated carbocycles. The van der Waals surface area contributed by atoms with Crippen LogP contribution in [0.2, 0.25) is 0 Å². The van der Waals surface area contributed by atoms with Crippen molar-refractivity contribution in [2.45, 2.75) is 31.3 Å². The number of hydrogen-bond donors (Lipinski definition) is 2. The minimum absolute atomic E-state index is 0.0113. The van der Waals surface area contributed by atoms with Crippen molar-refractivity contribution in [3.8, 4) is 0 Å². The van der Waals surface area contributed by atoms with Gasteiger partial charge in [0.2, 0.25) is 5.91 Å². The highest BCUT2D eigenvalue weighted by molar-refractivity contribution is 5.84. The van der Waals surface area contributed by atoms with Crippen LogP contribution in [0.1, 0.15) is 35.8 Å². The lowest BCUT2D eigenvalue weighted by Crippen LogP contribution is -2.54. The molecule has 108 valence electrons. The summed E-state index contributed by atoms with van der Waals surface area (Å²) in [7, 11) is 0. The second-order valence-electron chi connectivity index (χ2n) is 5.49. The molecule has 0 bridgehead atoms. The first-order valence-electron chi connectivity index (χ1n) is 6.75. The summed E-state index contributed by atoms with van der Waals surface area (Å²) in [6.45, 7) is 1.09. The highest BCUT2D eigenvalue weighted by Gasteiger charge is 2.39. The Morgan fingerprint density at radius 2 is 2.10 bits per heavy atom. The minimum atomic E-state index is -1.10. The maximum Gasteiger partial charge on any atom is 0.358 e. The van der Waals surface area contributed by atoms with Crippen molar-refractivity contribution in [3.63, 3.8) is 0 Å². The van der Waals surface area contributed by atoms with Gasteiger partial charge < -0.3 is 15.7 Å². The molecular formula is C12H17N5O3. The number of aromatic nitrogens is 3. The largest absolute Gasteiger partial charge is 0.476 e. The number of rotatable bonds is 3. The minimum Gasteiger partial charge on any atom is -0.476 e. The molecule has 2 atom stereocenters. The van der Waals surface area contributed by atoms with Crippen molar-refractivity contribution in [2.24, 2.45) is 11.7 Å². The van der Waals surface area contributed by atoms with Crippen LogP contribution in [0.15, 0.2) is 6.20 Å². The van der Waals surface area contributed by atoms with Gasteiger partial charge in [0, 0.05) is 19.1 Å². The number of nitrogens with two attached hydrogens (primary N) is 1. The maximum absolute atomic E-state index is 12.2. The van der Waals surface area contributed by atoms with E-state index in [4.69, 9.17) is 10.8 Å². The molecule has 3 N–H and O–H groups in total. The summed E-state index contributed by atoms with van der Waals surface area (Å²) in [5, 5.41) is 16.1. The summed E-state index contributed by atoms with van der Waals surface area (Å²) in [5.41, 5.74) is 5.86. The third-order valence-electron chi connectivity index (χ3n) is 4.16. The molecule has 1 aliphatic heterocycles. The van der Waals surface area contributed by atoms with Crippen LogP contribution in [0.25, 0.3) is 0 Å². The smallest absolute Gasteiger partial charge is 0.358 e. The molecule has 1 aromatic rings. The number of carbonyl (C=O) groups excluding carboxylic acids is 1. The highest BCUT2D eigenvalue weighted by Crippen LogP contribution is 2.29. The van der Waals surface area contributed by atoms with Crippen LogP contribution in [-0.2, 0) is 4.79 Å². The molecule has 1 aromatic heterocycles. The summed E-state index contributed by atoms with van der Waals surface area (Å²) in [5.74, 6) is -1.04. The van der Waals surface area contributed by atoms with Gasteiger partial charge in [0.05, 0.1) is 18.2 Å². The second kappa shape index (κ2) is 4.86. The summed E-state index contributed by atoms with van der Waals surface area (Å²) >= 11 is 0. The zero-order chi connectivity index (χ0) is 14.3. The van der Waals surface area contributed by atoms with Gasteiger partial charge in [0.1, 0.15) is 0 Å². The SMILES string of the molecule is NC1CCCC1C(=O)N1CC(n2cc(C(=O)O)nn2)C1. The van der Waals surface area contributed by atoms with E-state index in [0.29, 0.717) is 13.1 Å². The van der Waals surface area contributed by atoms with Gasteiger partial charge in [-0.15, -0.1) is 5.10 Å². The normalized spacial score (nSPS) is 26.6. The number of carboxylic acids is 1. The predicted octanol–water partition coefficient (Wildman–Crippen LogP) is -0.513. The summed E-state index contributed by atoms with van der Waals surface area (Å²) in [6, 6.07) is -0.0105. The van der Waals surface area contributed by atoms with E-state index in [9.17, 15) is 9.59 Å². The van der Waals surface area contributed by atoms with Crippen LogP contribution in [-0.4, -0.2) is 56.0 Å². The standard InChI is InChI=1S/C12H17N5O3/c13-9-3-1-2-8(9)11(18)16-4-7(5-16)17-6-10(12(19)20)14-15-17/h6-9H,1-5,13H2,(H,19,20). The highest BCUT2D eigenvalue weighted by atomic mass is 16.4. The Balaban J connectivity index is 1.58. The Morgan fingerprint density at radius 3 is 2.65 bits per heavy atom. The lowest BCUT2D eigenvalue weighted by Gasteiger charge is -2.40. The third kappa shape index (κ3) is 2.15. The molecule has 2 fully saturated rings. The van der Waals surface area contributed by atoms with E-state index in [1.165, 1.54) is 10.9 Å². The van der Waals surface area contributed by atoms with Crippen molar-refractivity contribution in [1.29, 1.82) is 0 Å². The van der Waals surface area contributed by atoms with E-state index < -0.39 is 5.97 Å². The van der Waals surface area contributed by atoms with E-state index in [1.807, 2.05) is 0 Å². The molecule has 2 unspecified atom stereocenters. The quantitative estimate of drug-likeness (QED) is 0.770. The molecule has 8 heteroatoms. The summed E-state index contributed by atoms with van der Waals surface area (Å²) in [4.78, 5) is 24.7. The van der Waals surface area contributed by atoms with Crippen LogP contribution in [0.4, 0.5) is 0 Å². The van der Waals surface area contributed by atoms with Gasteiger partial charge in [-0.25, -0.2) is 9.48 Å². The van der Waals surface area contributed by atoms with Gasteiger partial charge in [-0.05, 0) is 12.8 Å². The van der Waals surface area contributed by atoms with Crippen molar-refractivity contribution in [3.05, 3.63) is 11.9 Å². The first kappa shape index (κ1) is 13.0. The molecule has 8 nitrogen and oxygen atoms in total. The van der Waals surface area contributed by atoms with Gasteiger partial charge in [-0.1, -0.05) is 11.6 Å². The molecule has 1 aliphatic carbocycles. The zero-order valence-electron chi connectivity index (χ0n) is 11.0. The van der Waals surface area contributed by atoms with Crippen molar-refractivity contribution < 1.29 is 14.7 Å². The first-order chi connectivity index (χ1) is 9.56. The molecule has 20 heavy (non-hydrogen) atoms. The predicted molar refractivity (Wildman–Crippen MR) is 67.9 cm³/mol. The topological polar surface area (TPSA) is 114 Å². The number of amides is 1. The van der Waals surface area contributed by atoms with E-state index in [2.05, 4.69) is 10.3 Å². The fourth-order valence-electron chi connectivity index (χ4n) is 2.89. The van der Waals surface area contributed by atoms with E-state index in [-0.39, 0.29) is 29.6 Å². The number of aromatic carboxylic acids is 1.